The quantitative estimate of drug-likeness (QED) is 0.788. The third-order valence-electron chi connectivity index (χ3n) is 2.92. The van der Waals surface area contributed by atoms with Gasteiger partial charge in [-0.1, -0.05) is 26.0 Å². The molecule has 1 amide bonds. The molecule has 0 aliphatic rings. The average Bonchev–Trinajstić information content (AvgIpc) is 2.39. The number of nitrogens with one attached hydrogen (secondary N) is 1. The number of anilines is 1. The van der Waals surface area contributed by atoms with Crippen molar-refractivity contribution in [3.05, 3.63) is 63.2 Å². The number of benzene rings is 2. The summed E-state index contributed by atoms with van der Waals surface area (Å²) in [4.78, 5) is 12.1. The summed E-state index contributed by atoms with van der Waals surface area (Å²) in [5, 5.41) is 2.93. The zero-order valence-corrected chi connectivity index (χ0v) is 13.1. The van der Waals surface area contributed by atoms with Gasteiger partial charge >= 0.3 is 0 Å². The lowest BCUT2D eigenvalue weighted by Crippen LogP contribution is -2.11. The third kappa shape index (κ3) is 3.80. The van der Waals surface area contributed by atoms with E-state index in [0.29, 0.717) is 11.5 Å². The standard InChI is InChI=1S/C16H16INO/c1-11(2)13-4-3-5-15(10-13)18-16(19)12-6-8-14(17)9-7-12/h3-11H,1-2H3,(H,18,19). The van der Waals surface area contributed by atoms with Crippen molar-refractivity contribution in [2.24, 2.45) is 0 Å². The predicted molar refractivity (Wildman–Crippen MR) is 87.6 cm³/mol. The first kappa shape index (κ1) is 14.1. The minimum atomic E-state index is -0.0719. The van der Waals surface area contributed by atoms with Crippen LogP contribution in [0.25, 0.3) is 0 Å². The molecule has 0 atom stereocenters. The number of amides is 1. The summed E-state index contributed by atoms with van der Waals surface area (Å²) < 4.78 is 1.12. The van der Waals surface area contributed by atoms with Crippen LogP contribution in [-0.2, 0) is 0 Å². The number of hydrogen-bond acceptors (Lipinski definition) is 1. The number of rotatable bonds is 3. The molecule has 2 aromatic rings. The van der Waals surface area contributed by atoms with Gasteiger partial charge in [-0.15, -0.1) is 0 Å². The summed E-state index contributed by atoms with van der Waals surface area (Å²) in [5.41, 5.74) is 2.74. The van der Waals surface area contributed by atoms with Crippen LogP contribution >= 0.6 is 22.6 Å². The lowest BCUT2D eigenvalue weighted by atomic mass is 10.0. The molecule has 0 bridgehead atoms. The van der Waals surface area contributed by atoms with E-state index in [2.05, 4.69) is 47.8 Å². The van der Waals surface area contributed by atoms with Crippen molar-refractivity contribution in [2.75, 3.05) is 5.32 Å². The molecule has 2 nitrogen and oxygen atoms in total. The highest BCUT2D eigenvalue weighted by Crippen LogP contribution is 2.19. The molecular weight excluding hydrogens is 349 g/mol. The van der Waals surface area contributed by atoms with Crippen LogP contribution in [0.2, 0.25) is 0 Å². The van der Waals surface area contributed by atoms with Crippen molar-refractivity contribution in [1.29, 1.82) is 0 Å². The van der Waals surface area contributed by atoms with Crippen LogP contribution in [0.15, 0.2) is 48.5 Å². The maximum Gasteiger partial charge on any atom is 0.255 e. The zero-order chi connectivity index (χ0) is 13.8. The molecule has 0 saturated carbocycles. The first-order valence-electron chi connectivity index (χ1n) is 6.23. The minimum absolute atomic E-state index is 0.0719. The Morgan fingerprint density at radius 3 is 2.42 bits per heavy atom. The smallest absolute Gasteiger partial charge is 0.255 e. The van der Waals surface area contributed by atoms with Crippen molar-refractivity contribution in [2.45, 2.75) is 19.8 Å². The Morgan fingerprint density at radius 1 is 1.11 bits per heavy atom. The number of halogens is 1. The van der Waals surface area contributed by atoms with Gasteiger partial charge in [0.25, 0.3) is 5.91 Å². The molecule has 0 fully saturated rings. The Labute approximate surface area is 127 Å². The molecule has 98 valence electrons. The SMILES string of the molecule is CC(C)c1cccc(NC(=O)c2ccc(I)cc2)c1. The molecule has 0 unspecified atom stereocenters. The Kier molecular flexibility index (Phi) is 4.58. The van der Waals surface area contributed by atoms with Gasteiger partial charge in [0.1, 0.15) is 0 Å². The topological polar surface area (TPSA) is 29.1 Å². The van der Waals surface area contributed by atoms with Gasteiger partial charge in [0.2, 0.25) is 0 Å². The summed E-state index contributed by atoms with van der Waals surface area (Å²) in [5.74, 6) is 0.382. The number of carbonyl (C=O) groups is 1. The van der Waals surface area contributed by atoms with Gasteiger partial charge < -0.3 is 5.32 Å². The maximum absolute atomic E-state index is 12.1. The molecule has 0 saturated heterocycles. The summed E-state index contributed by atoms with van der Waals surface area (Å²) >= 11 is 2.22. The van der Waals surface area contributed by atoms with Gasteiger partial charge in [-0.25, -0.2) is 0 Å². The normalized spacial score (nSPS) is 10.5. The summed E-state index contributed by atoms with van der Waals surface area (Å²) in [6.07, 6.45) is 0. The molecule has 0 radical (unpaired) electrons. The Morgan fingerprint density at radius 2 is 1.79 bits per heavy atom. The van der Waals surface area contributed by atoms with Crippen LogP contribution in [-0.4, -0.2) is 5.91 Å². The predicted octanol–water partition coefficient (Wildman–Crippen LogP) is 4.67. The van der Waals surface area contributed by atoms with Gasteiger partial charge in [0, 0.05) is 14.8 Å². The van der Waals surface area contributed by atoms with Crippen molar-refractivity contribution >= 4 is 34.2 Å². The second kappa shape index (κ2) is 6.19. The molecule has 0 aliphatic heterocycles. The van der Waals surface area contributed by atoms with Gasteiger partial charge in [0.15, 0.2) is 0 Å². The zero-order valence-electron chi connectivity index (χ0n) is 11.0. The highest BCUT2D eigenvalue weighted by atomic mass is 127. The lowest BCUT2D eigenvalue weighted by molar-refractivity contribution is 0.102. The molecule has 19 heavy (non-hydrogen) atoms. The molecule has 0 aromatic heterocycles. The van der Waals surface area contributed by atoms with Gasteiger partial charge in [0.05, 0.1) is 0 Å². The molecule has 2 aromatic carbocycles. The summed E-state index contributed by atoms with van der Waals surface area (Å²) in [6, 6.07) is 15.5. The van der Waals surface area contributed by atoms with E-state index >= 15 is 0 Å². The first-order chi connectivity index (χ1) is 9.06. The van der Waals surface area contributed by atoms with Gasteiger partial charge in [-0.3, -0.25) is 4.79 Å². The van der Waals surface area contributed by atoms with Crippen molar-refractivity contribution < 1.29 is 4.79 Å². The fourth-order valence-corrected chi connectivity index (χ4v) is 2.14. The van der Waals surface area contributed by atoms with Crippen molar-refractivity contribution in [3.63, 3.8) is 0 Å². The molecule has 0 heterocycles. The van der Waals surface area contributed by atoms with Crippen LogP contribution in [0.5, 0.6) is 0 Å². The maximum atomic E-state index is 12.1. The third-order valence-corrected chi connectivity index (χ3v) is 3.64. The fourth-order valence-electron chi connectivity index (χ4n) is 1.78. The van der Waals surface area contributed by atoms with E-state index in [-0.39, 0.29) is 5.91 Å². The van der Waals surface area contributed by atoms with E-state index in [9.17, 15) is 4.79 Å². The minimum Gasteiger partial charge on any atom is -0.322 e. The van der Waals surface area contributed by atoms with Crippen LogP contribution in [0.3, 0.4) is 0 Å². The highest BCUT2D eigenvalue weighted by Gasteiger charge is 2.07. The molecule has 3 heteroatoms. The lowest BCUT2D eigenvalue weighted by Gasteiger charge is -2.09. The van der Waals surface area contributed by atoms with Gasteiger partial charge in [-0.05, 0) is 70.5 Å². The van der Waals surface area contributed by atoms with Crippen LogP contribution in [0.4, 0.5) is 5.69 Å². The molecular formula is C16H16INO. The first-order valence-corrected chi connectivity index (χ1v) is 7.31. The van der Waals surface area contributed by atoms with E-state index < -0.39 is 0 Å². The van der Waals surface area contributed by atoms with Crippen LogP contribution < -0.4 is 5.32 Å². The van der Waals surface area contributed by atoms with E-state index in [1.54, 1.807) is 0 Å². The molecule has 0 aliphatic carbocycles. The second-order valence-electron chi connectivity index (χ2n) is 4.74. The molecule has 2 rings (SSSR count). The Bertz CT molecular complexity index is 576. The van der Waals surface area contributed by atoms with Crippen molar-refractivity contribution in [1.82, 2.24) is 0 Å². The summed E-state index contributed by atoms with van der Waals surface area (Å²) in [6.45, 7) is 4.28. The Hall–Kier alpha value is -1.36. The molecule has 0 spiro atoms. The van der Waals surface area contributed by atoms with Crippen LogP contribution in [0.1, 0.15) is 35.7 Å². The van der Waals surface area contributed by atoms with Gasteiger partial charge in [-0.2, -0.15) is 0 Å². The number of hydrogen-bond donors (Lipinski definition) is 1. The van der Waals surface area contributed by atoms with E-state index in [4.69, 9.17) is 0 Å². The van der Waals surface area contributed by atoms with E-state index in [1.165, 1.54) is 5.56 Å². The van der Waals surface area contributed by atoms with Crippen molar-refractivity contribution in [3.8, 4) is 0 Å². The monoisotopic (exact) mass is 365 g/mol. The number of carbonyl (C=O) groups excluding carboxylic acids is 1. The van der Waals surface area contributed by atoms with E-state index in [0.717, 1.165) is 9.26 Å². The summed E-state index contributed by atoms with van der Waals surface area (Å²) in [7, 11) is 0. The van der Waals surface area contributed by atoms with Crippen LogP contribution in [0, 0.1) is 3.57 Å². The molecule has 1 N–H and O–H groups in total. The average molecular weight is 365 g/mol. The van der Waals surface area contributed by atoms with E-state index in [1.807, 2.05) is 42.5 Å². The largest absolute Gasteiger partial charge is 0.322 e. The second-order valence-corrected chi connectivity index (χ2v) is 5.99. The fraction of sp³-hybridized carbons (Fsp3) is 0.188. The Balaban J connectivity index is 2.14. The highest BCUT2D eigenvalue weighted by molar-refractivity contribution is 14.1.